The van der Waals surface area contributed by atoms with Crippen LogP contribution in [-0.4, -0.2) is 12.4 Å². The van der Waals surface area contributed by atoms with E-state index in [4.69, 9.17) is 9.15 Å². The largest absolute Gasteiger partial charge is 0.478 e. The molecule has 0 amide bonds. The second-order valence-corrected chi connectivity index (χ2v) is 7.44. The van der Waals surface area contributed by atoms with Gasteiger partial charge in [0.2, 0.25) is 11.2 Å². The molecule has 0 saturated carbocycles. The van der Waals surface area contributed by atoms with E-state index in [1.807, 2.05) is 48.5 Å². The molecule has 30 heavy (non-hydrogen) atoms. The molecule has 0 fully saturated rings. The Hall–Kier alpha value is -3.66. The fourth-order valence-electron chi connectivity index (χ4n) is 3.31. The van der Waals surface area contributed by atoms with Gasteiger partial charge in [0.05, 0.1) is 5.39 Å². The van der Waals surface area contributed by atoms with Crippen molar-refractivity contribution in [2.24, 2.45) is 0 Å². The molecule has 0 saturated heterocycles. The maximum absolute atomic E-state index is 13.1. The van der Waals surface area contributed by atoms with Crippen LogP contribution in [0.15, 0.2) is 88.1 Å². The fraction of sp³-hybridized carbons (Fsp3) is 0.154. The summed E-state index contributed by atoms with van der Waals surface area (Å²) in [6, 6.07) is 23.8. The van der Waals surface area contributed by atoms with Gasteiger partial charge in [-0.15, -0.1) is 0 Å². The molecule has 0 N–H and O–H groups in total. The smallest absolute Gasteiger partial charge is 0.235 e. The lowest BCUT2D eigenvalue weighted by atomic mass is 10.0. The molecule has 150 valence electrons. The van der Waals surface area contributed by atoms with Gasteiger partial charge >= 0.3 is 0 Å². The van der Waals surface area contributed by atoms with E-state index < -0.39 is 0 Å². The summed E-state index contributed by atoms with van der Waals surface area (Å²) in [6.07, 6.45) is 0. The van der Waals surface area contributed by atoms with Gasteiger partial charge in [-0.1, -0.05) is 80.6 Å². The van der Waals surface area contributed by atoms with Crippen molar-refractivity contribution in [1.29, 1.82) is 0 Å². The number of hydrogen-bond acceptors (Lipinski definition) is 4. The Labute approximate surface area is 174 Å². The normalized spacial score (nSPS) is 11.0. The SMILES string of the molecule is CC(C)c1ccc(C(=O)COc2c(-c3ccccc3)oc3ccccc3c2=O)cc1. The summed E-state index contributed by atoms with van der Waals surface area (Å²) in [5, 5.41) is 0.418. The molecular weight excluding hydrogens is 376 g/mol. The molecule has 3 aromatic carbocycles. The Kier molecular flexibility index (Phi) is 5.48. The molecular formula is C26H22O4. The van der Waals surface area contributed by atoms with E-state index in [9.17, 15) is 9.59 Å². The number of hydrogen-bond donors (Lipinski definition) is 0. The average Bonchev–Trinajstić information content (AvgIpc) is 2.79. The molecule has 4 nitrogen and oxygen atoms in total. The van der Waals surface area contributed by atoms with Crippen LogP contribution in [0.2, 0.25) is 0 Å². The molecule has 0 aliphatic rings. The predicted molar refractivity (Wildman–Crippen MR) is 118 cm³/mol. The van der Waals surface area contributed by atoms with Gasteiger partial charge in [0.1, 0.15) is 5.58 Å². The van der Waals surface area contributed by atoms with Crippen molar-refractivity contribution in [2.45, 2.75) is 19.8 Å². The quantitative estimate of drug-likeness (QED) is 0.383. The van der Waals surface area contributed by atoms with Gasteiger partial charge in [0, 0.05) is 11.1 Å². The lowest BCUT2D eigenvalue weighted by Gasteiger charge is -2.12. The molecule has 1 heterocycles. The van der Waals surface area contributed by atoms with Crippen LogP contribution in [0.25, 0.3) is 22.3 Å². The van der Waals surface area contributed by atoms with Crippen LogP contribution in [0.4, 0.5) is 0 Å². The molecule has 0 atom stereocenters. The van der Waals surface area contributed by atoms with Gasteiger partial charge in [0.25, 0.3) is 0 Å². The van der Waals surface area contributed by atoms with Crippen molar-refractivity contribution in [2.75, 3.05) is 6.61 Å². The van der Waals surface area contributed by atoms with Gasteiger partial charge in [-0.05, 0) is 23.6 Å². The van der Waals surface area contributed by atoms with Gasteiger partial charge in [-0.3, -0.25) is 9.59 Å². The number of carbonyl (C=O) groups is 1. The van der Waals surface area contributed by atoms with Crippen LogP contribution < -0.4 is 10.2 Å². The van der Waals surface area contributed by atoms with E-state index >= 15 is 0 Å². The number of fused-ring (bicyclic) bond motifs is 1. The number of para-hydroxylation sites is 1. The zero-order valence-corrected chi connectivity index (χ0v) is 16.9. The summed E-state index contributed by atoms with van der Waals surface area (Å²) in [5.41, 5.74) is 2.60. The van der Waals surface area contributed by atoms with Crippen LogP contribution in [-0.2, 0) is 0 Å². The summed E-state index contributed by atoms with van der Waals surface area (Å²) >= 11 is 0. The van der Waals surface area contributed by atoms with E-state index in [1.165, 1.54) is 0 Å². The molecule has 4 aromatic rings. The average molecular weight is 398 g/mol. The maximum Gasteiger partial charge on any atom is 0.235 e. The first-order chi connectivity index (χ1) is 14.5. The highest BCUT2D eigenvalue weighted by molar-refractivity contribution is 5.97. The van der Waals surface area contributed by atoms with E-state index in [1.54, 1.807) is 30.3 Å². The molecule has 1 aromatic heterocycles. The second-order valence-electron chi connectivity index (χ2n) is 7.44. The van der Waals surface area contributed by atoms with Crippen LogP contribution in [0.5, 0.6) is 5.75 Å². The molecule has 0 aliphatic carbocycles. The minimum Gasteiger partial charge on any atom is -0.478 e. The summed E-state index contributed by atoms with van der Waals surface area (Å²) in [5.74, 6) is 0.562. The number of carbonyl (C=O) groups excluding carboxylic acids is 1. The van der Waals surface area contributed by atoms with Crippen molar-refractivity contribution in [3.05, 3.63) is 100 Å². The number of ketones is 1. The van der Waals surface area contributed by atoms with Gasteiger partial charge in [-0.25, -0.2) is 0 Å². The summed E-state index contributed by atoms with van der Waals surface area (Å²) in [4.78, 5) is 25.8. The van der Waals surface area contributed by atoms with Crippen molar-refractivity contribution < 1.29 is 13.9 Å². The van der Waals surface area contributed by atoms with Crippen LogP contribution in [0.3, 0.4) is 0 Å². The molecule has 0 spiro atoms. The number of benzene rings is 3. The third-order valence-corrected chi connectivity index (χ3v) is 5.04. The maximum atomic E-state index is 13.1. The minimum absolute atomic E-state index is 0.0482. The third kappa shape index (κ3) is 3.90. The molecule has 4 heteroatoms. The van der Waals surface area contributed by atoms with Crippen molar-refractivity contribution in [3.63, 3.8) is 0 Å². The first-order valence-electron chi connectivity index (χ1n) is 9.92. The molecule has 0 aliphatic heterocycles. The Morgan fingerprint density at radius 2 is 1.57 bits per heavy atom. The van der Waals surface area contributed by atoms with Crippen molar-refractivity contribution in [1.82, 2.24) is 0 Å². The van der Waals surface area contributed by atoms with E-state index in [0.717, 1.165) is 5.56 Å². The first-order valence-corrected chi connectivity index (χ1v) is 9.92. The van der Waals surface area contributed by atoms with Gasteiger partial charge in [0.15, 0.2) is 18.2 Å². The Morgan fingerprint density at radius 1 is 0.900 bits per heavy atom. The lowest BCUT2D eigenvalue weighted by Crippen LogP contribution is -2.17. The molecule has 0 bridgehead atoms. The molecule has 0 radical (unpaired) electrons. The zero-order valence-electron chi connectivity index (χ0n) is 16.9. The summed E-state index contributed by atoms with van der Waals surface area (Å²) in [7, 11) is 0. The standard InChI is InChI=1S/C26H22O4/c1-17(2)18-12-14-19(15-13-18)22(27)16-29-26-24(28)21-10-6-7-11-23(21)30-25(26)20-8-4-3-5-9-20/h3-15,17H,16H2,1-2H3. The minimum atomic E-state index is -0.293. The topological polar surface area (TPSA) is 56.5 Å². The van der Waals surface area contributed by atoms with E-state index in [2.05, 4.69) is 13.8 Å². The third-order valence-electron chi connectivity index (χ3n) is 5.04. The second kappa shape index (κ2) is 8.37. The van der Waals surface area contributed by atoms with Crippen molar-refractivity contribution >= 4 is 16.8 Å². The number of Topliss-reactive ketones (excluding diaryl/α,β-unsaturated/α-hetero) is 1. The Balaban J connectivity index is 1.68. The fourth-order valence-corrected chi connectivity index (χ4v) is 3.31. The van der Waals surface area contributed by atoms with E-state index in [0.29, 0.717) is 33.8 Å². The predicted octanol–water partition coefficient (Wildman–Crippen LogP) is 5.85. The van der Waals surface area contributed by atoms with Gasteiger partial charge in [-0.2, -0.15) is 0 Å². The Morgan fingerprint density at radius 3 is 2.27 bits per heavy atom. The summed E-state index contributed by atoms with van der Waals surface area (Å²) < 4.78 is 11.8. The highest BCUT2D eigenvalue weighted by Crippen LogP contribution is 2.30. The van der Waals surface area contributed by atoms with Crippen LogP contribution in [0.1, 0.15) is 35.7 Å². The van der Waals surface area contributed by atoms with E-state index in [-0.39, 0.29) is 23.6 Å². The lowest BCUT2D eigenvalue weighted by molar-refractivity contribution is 0.0920. The van der Waals surface area contributed by atoms with Crippen LogP contribution >= 0.6 is 0 Å². The zero-order chi connectivity index (χ0) is 21.1. The number of rotatable bonds is 6. The molecule has 0 unspecified atom stereocenters. The summed E-state index contributed by atoms with van der Waals surface area (Å²) in [6.45, 7) is 3.96. The first kappa shape index (κ1) is 19.6. The monoisotopic (exact) mass is 398 g/mol. The number of ether oxygens (including phenoxy) is 1. The molecule has 4 rings (SSSR count). The Bertz CT molecular complexity index is 1240. The van der Waals surface area contributed by atoms with Crippen molar-refractivity contribution in [3.8, 4) is 17.1 Å². The highest BCUT2D eigenvalue weighted by atomic mass is 16.5. The van der Waals surface area contributed by atoms with Crippen LogP contribution in [0, 0.1) is 0 Å². The highest BCUT2D eigenvalue weighted by Gasteiger charge is 2.19. The van der Waals surface area contributed by atoms with Gasteiger partial charge < -0.3 is 9.15 Å².